The van der Waals surface area contributed by atoms with E-state index in [0.717, 1.165) is 0 Å². The molecule has 1 unspecified atom stereocenters. The van der Waals surface area contributed by atoms with Crippen molar-refractivity contribution < 1.29 is 19.7 Å². The van der Waals surface area contributed by atoms with Crippen molar-refractivity contribution in [3.05, 3.63) is 35.9 Å². The van der Waals surface area contributed by atoms with E-state index in [1.807, 2.05) is 13.8 Å². The van der Waals surface area contributed by atoms with Gasteiger partial charge < -0.3 is 14.9 Å². The Kier molecular flexibility index (Phi) is 4.66. The second-order valence-electron chi connectivity index (χ2n) is 4.43. The molecular formula is C13H18O4. The highest BCUT2D eigenvalue weighted by atomic mass is 16.6. The molecule has 4 heteroatoms. The Bertz CT molecular complexity index is 361. The number of benzene rings is 1. The van der Waals surface area contributed by atoms with Crippen LogP contribution in [0.15, 0.2) is 30.3 Å². The first-order valence-corrected chi connectivity index (χ1v) is 5.57. The normalized spacial score (nSPS) is 14.6. The number of aliphatic carboxylic acids is 1. The summed E-state index contributed by atoms with van der Waals surface area (Å²) in [7, 11) is 0. The average Bonchev–Trinajstić information content (AvgIpc) is 2.27. The summed E-state index contributed by atoms with van der Waals surface area (Å²) in [5, 5.41) is 19.1. The summed E-state index contributed by atoms with van der Waals surface area (Å²) in [6, 6.07) is 8.58. The fourth-order valence-electron chi connectivity index (χ4n) is 1.44. The van der Waals surface area contributed by atoms with Crippen molar-refractivity contribution >= 4 is 5.97 Å². The van der Waals surface area contributed by atoms with Crippen molar-refractivity contribution in [2.75, 3.05) is 6.61 Å². The van der Waals surface area contributed by atoms with Crippen molar-refractivity contribution in [1.29, 1.82) is 0 Å². The summed E-state index contributed by atoms with van der Waals surface area (Å²) in [6.07, 6.45) is -0.469. The number of hydrogen-bond donors (Lipinski definition) is 2. The Morgan fingerprint density at radius 3 is 2.41 bits per heavy atom. The molecule has 17 heavy (non-hydrogen) atoms. The fraction of sp³-hybridized carbons (Fsp3) is 0.462. The van der Waals surface area contributed by atoms with Crippen LogP contribution in [-0.2, 0) is 15.3 Å². The van der Waals surface area contributed by atoms with Gasteiger partial charge in [-0.2, -0.15) is 0 Å². The number of carboxylic acid groups (broad SMARTS) is 1. The van der Waals surface area contributed by atoms with Gasteiger partial charge in [-0.15, -0.1) is 0 Å². The summed E-state index contributed by atoms with van der Waals surface area (Å²) < 4.78 is 5.36. The zero-order chi connectivity index (χ0) is 12.9. The van der Waals surface area contributed by atoms with Crippen molar-refractivity contribution in [2.24, 2.45) is 5.92 Å². The topological polar surface area (TPSA) is 66.8 Å². The molecule has 0 fully saturated rings. The maximum absolute atomic E-state index is 10.8. The van der Waals surface area contributed by atoms with Crippen molar-refractivity contribution in [2.45, 2.75) is 26.1 Å². The number of carboxylic acids is 1. The monoisotopic (exact) mass is 238 g/mol. The van der Waals surface area contributed by atoms with Crippen molar-refractivity contribution in [3.8, 4) is 0 Å². The molecule has 1 atom stereocenters. The summed E-state index contributed by atoms with van der Waals surface area (Å²) in [6.45, 7) is 4.18. The van der Waals surface area contributed by atoms with E-state index in [9.17, 15) is 9.90 Å². The maximum atomic E-state index is 10.8. The quantitative estimate of drug-likeness (QED) is 0.744. The highest BCUT2D eigenvalue weighted by Gasteiger charge is 2.33. The van der Waals surface area contributed by atoms with Crippen LogP contribution in [0.3, 0.4) is 0 Å². The summed E-state index contributed by atoms with van der Waals surface area (Å²) in [4.78, 5) is 10.8. The van der Waals surface area contributed by atoms with Crippen LogP contribution in [0.5, 0.6) is 0 Å². The lowest BCUT2D eigenvalue weighted by molar-refractivity contribution is -0.225. The lowest BCUT2D eigenvalue weighted by atomic mass is 10.0. The van der Waals surface area contributed by atoms with E-state index in [1.54, 1.807) is 30.3 Å². The van der Waals surface area contributed by atoms with Crippen LogP contribution in [0.25, 0.3) is 0 Å². The molecule has 0 aliphatic carbocycles. The van der Waals surface area contributed by atoms with E-state index in [0.29, 0.717) is 12.2 Å². The molecular weight excluding hydrogens is 220 g/mol. The predicted octanol–water partition coefficient (Wildman–Crippen LogP) is 1.98. The van der Waals surface area contributed by atoms with Crippen molar-refractivity contribution in [1.82, 2.24) is 0 Å². The molecule has 0 saturated heterocycles. The minimum Gasteiger partial charge on any atom is -0.481 e. The highest BCUT2D eigenvalue weighted by Crippen LogP contribution is 2.27. The van der Waals surface area contributed by atoms with Gasteiger partial charge in [-0.05, 0) is 5.92 Å². The number of hydrogen-bond acceptors (Lipinski definition) is 3. The van der Waals surface area contributed by atoms with Gasteiger partial charge in [-0.1, -0.05) is 44.2 Å². The standard InChI is InChI=1S/C13H18O4/c1-10(2)9-17-13(16,8-12(14)15)11-6-4-3-5-7-11/h3-7,10,16H,8-9H2,1-2H3,(H,14,15). The lowest BCUT2D eigenvalue weighted by Gasteiger charge is -2.28. The number of ether oxygens (including phenoxy) is 1. The van der Waals surface area contributed by atoms with Gasteiger partial charge in [0.15, 0.2) is 0 Å². The molecule has 4 nitrogen and oxygen atoms in total. The van der Waals surface area contributed by atoms with E-state index in [1.165, 1.54) is 0 Å². The predicted molar refractivity (Wildman–Crippen MR) is 63.4 cm³/mol. The fourth-order valence-corrected chi connectivity index (χ4v) is 1.44. The largest absolute Gasteiger partial charge is 0.481 e. The molecule has 0 bridgehead atoms. The molecule has 0 radical (unpaired) electrons. The molecule has 0 aliphatic heterocycles. The molecule has 0 spiro atoms. The van der Waals surface area contributed by atoms with Crippen LogP contribution >= 0.6 is 0 Å². The Hall–Kier alpha value is -1.39. The van der Waals surface area contributed by atoms with E-state index in [2.05, 4.69) is 0 Å². The first kappa shape index (κ1) is 13.7. The van der Waals surface area contributed by atoms with Crippen LogP contribution in [0.1, 0.15) is 25.8 Å². The highest BCUT2D eigenvalue weighted by molar-refractivity contribution is 5.68. The lowest BCUT2D eigenvalue weighted by Crippen LogP contribution is -2.33. The number of rotatable bonds is 6. The molecule has 2 N–H and O–H groups in total. The first-order valence-electron chi connectivity index (χ1n) is 5.57. The van der Waals surface area contributed by atoms with E-state index in [-0.39, 0.29) is 5.92 Å². The molecule has 1 aromatic rings. The van der Waals surface area contributed by atoms with Crippen molar-refractivity contribution in [3.63, 3.8) is 0 Å². The zero-order valence-electron chi connectivity index (χ0n) is 10.1. The van der Waals surface area contributed by atoms with Crippen LogP contribution in [-0.4, -0.2) is 22.8 Å². The average molecular weight is 238 g/mol. The van der Waals surface area contributed by atoms with E-state index >= 15 is 0 Å². The smallest absolute Gasteiger partial charge is 0.309 e. The van der Waals surface area contributed by atoms with Gasteiger partial charge in [-0.3, -0.25) is 4.79 Å². The maximum Gasteiger partial charge on any atom is 0.309 e. The second kappa shape index (κ2) is 5.80. The van der Waals surface area contributed by atoms with Gasteiger partial charge in [0, 0.05) is 5.56 Å². The van der Waals surface area contributed by atoms with Crippen LogP contribution in [0.2, 0.25) is 0 Å². The van der Waals surface area contributed by atoms with E-state index in [4.69, 9.17) is 9.84 Å². The van der Waals surface area contributed by atoms with Gasteiger partial charge in [0.25, 0.3) is 0 Å². The number of carbonyl (C=O) groups is 1. The van der Waals surface area contributed by atoms with Crippen LogP contribution in [0, 0.1) is 5.92 Å². The molecule has 94 valence electrons. The Morgan fingerprint density at radius 1 is 1.35 bits per heavy atom. The van der Waals surface area contributed by atoms with Gasteiger partial charge in [0.1, 0.15) is 6.42 Å². The SMILES string of the molecule is CC(C)COC(O)(CC(=O)O)c1ccccc1. The Morgan fingerprint density at radius 2 is 1.94 bits per heavy atom. The summed E-state index contributed by atoms with van der Waals surface area (Å²) >= 11 is 0. The third kappa shape index (κ3) is 4.17. The minimum atomic E-state index is -1.75. The first-order chi connectivity index (χ1) is 7.94. The Labute approximate surface area is 101 Å². The van der Waals surface area contributed by atoms with Gasteiger partial charge in [0.2, 0.25) is 5.79 Å². The van der Waals surface area contributed by atoms with Gasteiger partial charge >= 0.3 is 5.97 Å². The summed E-state index contributed by atoms with van der Waals surface area (Å²) in [5.41, 5.74) is 0.461. The van der Waals surface area contributed by atoms with Gasteiger partial charge in [-0.25, -0.2) is 0 Å². The molecule has 0 aromatic heterocycles. The molecule has 0 saturated carbocycles. The minimum absolute atomic E-state index is 0.221. The summed E-state index contributed by atoms with van der Waals surface area (Å²) in [5.74, 6) is -2.63. The van der Waals surface area contributed by atoms with Crippen LogP contribution in [0.4, 0.5) is 0 Å². The van der Waals surface area contributed by atoms with E-state index < -0.39 is 18.2 Å². The van der Waals surface area contributed by atoms with Gasteiger partial charge in [0.05, 0.1) is 6.61 Å². The second-order valence-corrected chi connectivity index (χ2v) is 4.43. The third-order valence-corrected chi connectivity index (χ3v) is 2.27. The van der Waals surface area contributed by atoms with Crippen LogP contribution < -0.4 is 0 Å². The molecule has 0 aliphatic rings. The third-order valence-electron chi connectivity index (χ3n) is 2.27. The number of aliphatic hydroxyl groups is 1. The zero-order valence-corrected chi connectivity index (χ0v) is 10.1. The molecule has 0 heterocycles. The Balaban J connectivity index is 2.89. The molecule has 1 rings (SSSR count). The molecule has 1 aromatic carbocycles. The molecule has 0 amide bonds.